The minimum atomic E-state index is -0.0595. The quantitative estimate of drug-likeness (QED) is 0.648. The second-order valence-corrected chi connectivity index (χ2v) is 6.03. The van der Waals surface area contributed by atoms with Crippen LogP contribution in [-0.4, -0.2) is 6.61 Å². The first-order chi connectivity index (χ1) is 9.04. The van der Waals surface area contributed by atoms with Crippen molar-refractivity contribution in [3.05, 3.63) is 47.2 Å². The molecule has 0 radical (unpaired) electrons. The van der Waals surface area contributed by atoms with E-state index in [1.165, 1.54) is 11.1 Å². The van der Waals surface area contributed by atoms with Crippen LogP contribution in [0.2, 0.25) is 0 Å². The van der Waals surface area contributed by atoms with Gasteiger partial charge in [-0.25, -0.2) is 5.43 Å². The highest BCUT2D eigenvalue weighted by molar-refractivity contribution is 5.38. The van der Waals surface area contributed by atoms with Gasteiger partial charge in [0.15, 0.2) is 0 Å². The van der Waals surface area contributed by atoms with Gasteiger partial charge in [0, 0.05) is 0 Å². The molecule has 1 aromatic rings. The van der Waals surface area contributed by atoms with Crippen LogP contribution in [0.4, 0.5) is 0 Å². The SMILES string of the molecule is CC(C)(C)c1ccccc1C(NN)C1=CCCCO1. The van der Waals surface area contributed by atoms with Crippen molar-refractivity contribution >= 4 is 0 Å². The first-order valence-corrected chi connectivity index (χ1v) is 6.92. The lowest BCUT2D eigenvalue weighted by Crippen LogP contribution is -2.33. The average Bonchev–Trinajstić information content (AvgIpc) is 2.40. The van der Waals surface area contributed by atoms with Crippen LogP contribution in [0.1, 0.15) is 50.8 Å². The van der Waals surface area contributed by atoms with E-state index in [-0.39, 0.29) is 11.5 Å². The largest absolute Gasteiger partial charge is 0.496 e. The van der Waals surface area contributed by atoms with Crippen molar-refractivity contribution < 1.29 is 4.74 Å². The van der Waals surface area contributed by atoms with E-state index in [4.69, 9.17) is 10.6 Å². The highest BCUT2D eigenvalue weighted by Crippen LogP contribution is 2.33. The van der Waals surface area contributed by atoms with Gasteiger partial charge in [0.2, 0.25) is 0 Å². The molecule has 3 heteroatoms. The lowest BCUT2D eigenvalue weighted by Gasteiger charge is -2.29. The summed E-state index contributed by atoms with van der Waals surface area (Å²) in [6.45, 7) is 7.43. The Labute approximate surface area is 115 Å². The number of hydrogen-bond acceptors (Lipinski definition) is 3. The van der Waals surface area contributed by atoms with Crippen molar-refractivity contribution in [2.45, 2.75) is 45.1 Å². The number of allylic oxidation sites excluding steroid dienone is 1. The Hall–Kier alpha value is -1.32. The van der Waals surface area contributed by atoms with E-state index in [1.54, 1.807) is 0 Å². The molecule has 0 fully saturated rings. The van der Waals surface area contributed by atoms with Gasteiger partial charge in [-0.3, -0.25) is 5.84 Å². The minimum Gasteiger partial charge on any atom is -0.496 e. The number of hydrazine groups is 1. The topological polar surface area (TPSA) is 47.3 Å². The van der Waals surface area contributed by atoms with Crippen molar-refractivity contribution in [2.24, 2.45) is 5.84 Å². The molecule has 3 nitrogen and oxygen atoms in total. The molecule has 0 saturated heterocycles. The Bertz CT molecular complexity index is 460. The summed E-state index contributed by atoms with van der Waals surface area (Å²) in [5, 5.41) is 0. The molecule has 2 rings (SSSR count). The summed E-state index contributed by atoms with van der Waals surface area (Å²) in [5.74, 6) is 6.73. The van der Waals surface area contributed by atoms with Crippen LogP contribution >= 0.6 is 0 Å². The fraction of sp³-hybridized carbons (Fsp3) is 0.500. The van der Waals surface area contributed by atoms with Crippen molar-refractivity contribution in [3.63, 3.8) is 0 Å². The second-order valence-electron chi connectivity index (χ2n) is 6.03. The van der Waals surface area contributed by atoms with Gasteiger partial charge in [0.25, 0.3) is 0 Å². The standard InChI is InChI=1S/C16H24N2O/c1-16(2,3)13-9-5-4-8-12(13)15(18-17)14-10-6-7-11-19-14/h4-5,8-10,15,18H,6-7,11,17H2,1-3H3. The molecule has 0 aromatic heterocycles. The molecule has 0 amide bonds. The van der Waals surface area contributed by atoms with Gasteiger partial charge >= 0.3 is 0 Å². The zero-order valence-corrected chi connectivity index (χ0v) is 12.1. The third kappa shape index (κ3) is 3.17. The lowest BCUT2D eigenvalue weighted by atomic mass is 9.81. The first-order valence-electron chi connectivity index (χ1n) is 6.92. The fourth-order valence-electron chi connectivity index (χ4n) is 2.53. The van der Waals surface area contributed by atoms with Crippen LogP contribution < -0.4 is 11.3 Å². The second kappa shape index (κ2) is 5.76. The predicted molar refractivity (Wildman–Crippen MR) is 78.5 cm³/mol. The van der Waals surface area contributed by atoms with E-state index in [0.29, 0.717) is 0 Å². The molecule has 1 atom stereocenters. The maximum Gasteiger partial charge on any atom is 0.115 e. The highest BCUT2D eigenvalue weighted by Gasteiger charge is 2.25. The van der Waals surface area contributed by atoms with Gasteiger partial charge in [0.1, 0.15) is 11.8 Å². The molecule has 19 heavy (non-hydrogen) atoms. The number of nitrogens with two attached hydrogens (primary N) is 1. The predicted octanol–water partition coefficient (Wildman–Crippen LogP) is 3.18. The van der Waals surface area contributed by atoms with Gasteiger partial charge in [0.05, 0.1) is 6.61 Å². The van der Waals surface area contributed by atoms with Crippen LogP contribution in [0.15, 0.2) is 36.1 Å². The third-order valence-electron chi connectivity index (χ3n) is 3.49. The molecular formula is C16H24N2O. The van der Waals surface area contributed by atoms with Crippen molar-refractivity contribution in [1.82, 2.24) is 5.43 Å². The van der Waals surface area contributed by atoms with Crippen LogP contribution in [0.3, 0.4) is 0 Å². The summed E-state index contributed by atoms with van der Waals surface area (Å²) < 4.78 is 5.77. The van der Waals surface area contributed by atoms with Gasteiger partial charge in [-0.2, -0.15) is 0 Å². The smallest absolute Gasteiger partial charge is 0.115 e. The Balaban J connectivity index is 2.41. The van der Waals surface area contributed by atoms with Gasteiger partial charge < -0.3 is 4.74 Å². The molecule has 0 saturated carbocycles. The Kier molecular flexibility index (Phi) is 4.27. The van der Waals surface area contributed by atoms with Crippen LogP contribution in [0, 0.1) is 0 Å². The Morgan fingerprint density at radius 1 is 1.26 bits per heavy atom. The van der Waals surface area contributed by atoms with E-state index in [9.17, 15) is 0 Å². The fourth-order valence-corrected chi connectivity index (χ4v) is 2.53. The summed E-state index contributed by atoms with van der Waals surface area (Å²) >= 11 is 0. The molecular weight excluding hydrogens is 236 g/mol. The van der Waals surface area contributed by atoms with Gasteiger partial charge in [-0.15, -0.1) is 0 Å². The maximum atomic E-state index is 5.78. The maximum absolute atomic E-state index is 5.78. The summed E-state index contributed by atoms with van der Waals surface area (Å²) in [4.78, 5) is 0. The number of ether oxygens (including phenoxy) is 1. The van der Waals surface area contributed by atoms with E-state index < -0.39 is 0 Å². The molecule has 3 N–H and O–H groups in total. The van der Waals surface area contributed by atoms with Crippen molar-refractivity contribution in [3.8, 4) is 0 Å². The van der Waals surface area contributed by atoms with Crippen molar-refractivity contribution in [1.29, 1.82) is 0 Å². The molecule has 0 spiro atoms. The van der Waals surface area contributed by atoms with Gasteiger partial charge in [-0.05, 0) is 35.5 Å². The van der Waals surface area contributed by atoms with Gasteiger partial charge in [-0.1, -0.05) is 45.0 Å². The van der Waals surface area contributed by atoms with E-state index in [1.807, 2.05) is 0 Å². The molecule has 1 aromatic carbocycles. The summed E-state index contributed by atoms with van der Waals surface area (Å²) in [5.41, 5.74) is 5.49. The average molecular weight is 260 g/mol. The third-order valence-corrected chi connectivity index (χ3v) is 3.49. The summed E-state index contributed by atoms with van der Waals surface area (Å²) in [6.07, 6.45) is 4.29. The molecule has 0 bridgehead atoms. The zero-order valence-electron chi connectivity index (χ0n) is 12.1. The molecule has 1 aliphatic heterocycles. The lowest BCUT2D eigenvalue weighted by molar-refractivity contribution is 0.167. The molecule has 1 aliphatic rings. The zero-order chi connectivity index (χ0) is 13.9. The number of rotatable bonds is 3. The van der Waals surface area contributed by atoms with Crippen molar-refractivity contribution in [2.75, 3.05) is 6.61 Å². The summed E-state index contributed by atoms with van der Waals surface area (Å²) in [6, 6.07) is 8.37. The van der Waals surface area contributed by atoms with Crippen LogP contribution in [-0.2, 0) is 10.2 Å². The molecule has 0 aliphatic carbocycles. The van der Waals surface area contributed by atoms with E-state index >= 15 is 0 Å². The van der Waals surface area contributed by atoms with Crippen LogP contribution in [0.5, 0.6) is 0 Å². The Morgan fingerprint density at radius 3 is 2.58 bits per heavy atom. The highest BCUT2D eigenvalue weighted by atomic mass is 16.5. The van der Waals surface area contributed by atoms with E-state index in [0.717, 1.165) is 25.2 Å². The number of benzene rings is 1. The van der Waals surface area contributed by atoms with Crippen LogP contribution in [0.25, 0.3) is 0 Å². The molecule has 104 valence electrons. The molecule has 1 heterocycles. The minimum absolute atomic E-state index is 0.0595. The first kappa shape index (κ1) is 14.1. The summed E-state index contributed by atoms with van der Waals surface area (Å²) in [7, 11) is 0. The number of hydrogen-bond donors (Lipinski definition) is 2. The Morgan fingerprint density at radius 2 is 2.00 bits per heavy atom. The number of nitrogens with one attached hydrogen (secondary N) is 1. The normalized spacial score (nSPS) is 17.6. The van der Waals surface area contributed by atoms with E-state index in [2.05, 4.69) is 56.5 Å². The molecule has 1 unspecified atom stereocenters. The monoisotopic (exact) mass is 260 g/mol.